The Morgan fingerprint density at radius 3 is 2.66 bits per heavy atom. The summed E-state index contributed by atoms with van der Waals surface area (Å²) in [5.41, 5.74) is 1.67. The van der Waals surface area contributed by atoms with Crippen molar-refractivity contribution in [1.29, 1.82) is 0 Å². The van der Waals surface area contributed by atoms with Gasteiger partial charge in [-0.3, -0.25) is 14.3 Å². The second kappa shape index (κ2) is 8.64. The van der Waals surface area contributed by atoms with Gasteiger partial charge in [-0.05, 0) is 37.6 Å². The lowest BCUT2D eigenvalue weighted by Gasteiger charge is -2.13. The van der Waals surface area contributed by atoms with Gasteiger partial charge in [0.2, 0.25) is 0 Å². The van der Waals surface area contributed by atoms with Crippen molar-refractivity contribution in [3.63, 3.8) is 0 Å². The third kappa shape index (κ3) is 4.48. The average Bonchev–Trinajstić information content (AvgIpc) is 3.33. The number of para-hydroxylation sites is 1. The Morgan fingerprint density at radius 2 is 1.97 bits per heavy atom. The lowest BCUT2D eigenvalue weighted by Crippen LogP contribution is -2.26. The Hall–Kier alpha value is -3.55. The number of aryl methyl sites for hydroxylation is 2. The smallest absolute Gasteiger partial charge is 0.291 e. The maximum absolute atomic E-state index is 12.6. The van der Waals surface area contributed by atoms with Crippen LogP contribution in [-0.4, -0.2) is 40.6 Å². The number of benzene rings is 1. The minimum atomic E-state index is -0.462. The fraction of sp³-hybridized carbons (Fsp3) is 0.286. The third-order valence-electron chi connectivity index (χ3n) is 4.34. The number of rotatable bonds is 7. The first-order valence-electron chi connectivity index (χ1n) is 9.26. The van der Waals surface area contributed by atoms with Crippen molar-refractivity contribution < 1.29 is 18.7 Å². The molecule has 2 aromatic heterocycles. The van der Waals surface area contributed by atoms with Crippen LogP contribution in [0.3, 0.4) is 0 Å². The molecule has 1 N–H and O–H groups in total. The maximum atomic E-state index is 12.6. The van der Waals surface area contributed by atoms with Gasteiger partial charge >= 0.3 is 0 Å². The maximum Gasteiger partial charge on any atom is 0.291 e. The van der Waals surface area contributed by atoms with Crippen molar-refractivity contribution in [2.45, 2.75) is 27.0 Å². The molecule has 0 saturated heterocycles. The quantitative estimate of drug-likeness (QED) is 0.662. The first-order valence-corrected chi connectivity index (χ1v) is 9.26. The zero-order chi connectivity index (χ0) is 21.0. The molecule has 0 fully saturated rings. The van der Waals surface area contributed by atoms with Crippen LogP contribution in [0.4, 0.5) is 5.69 Å². The van der Waals surface area contributed by atoms with E-state index in [0.29, 0.717) is 23.7 Å². The molecule has 3 aromatic rings. The predicted octanol–water partition coefficient (Wildman–Crippen LogP) is 3.34. The van der Waals surface area contributed by atoms with E-state index in [2.05, 4.69) is 10.4 Å². The highest BCUT2D eigenvalue weighted by Gasteiger charge is 2.22. The van der Waals surface area contributed by atoms with Crippen LogP contribution in [-0.2, 0) is 13.2 Å². The summed E-state index contributed by atoms with van der Waals surface area (Å²) >= 11 is 0. The lowest BCUT2D eigenvalue weighted by atomic mass is 10.2. The van der Waals surface area contributed by atoms with Crippen LogP contribution in [0, 0.1) is 6.92 Å². The van der Waals surface area contributed by atoms with Gasteiger partial charge in [-0.2, -0.15) is 5.10 Å². The van der Waals surface area contributed by atoms with E-state index >= 15 is 0 Å². The standard InChI is InChI=1S/C21H24N4O4/c1-5-25-19(21(27)24(3)4)16(12-22-25)23-20(26)18-11-10-15(29-18)13-28-17-9-7-6-8-14(17)2/h6-12H,5,13H2,1-4H3,(H,23,26). The van der Waals surface area contributed by atoms with E-state index < -0.39 is 5.91 Å². The first-order chi connectivity index (χ1) is 13.9. The highest BCUT2D eigenvalue weighted by Crippen LogP contribution is 2.21. The third-order valence-corrected chi connectivity index (χ3v) is 4.34. The lowest BCUT2D eigenvalue weighted by molar-refractivity contribution is 0.0816. The minimum absolute atomic E-state index is 0.126. The number of nitrogens with zero attached hydrogens (tertiary/aromatic N) is 3. The summed E-state index contributed by atoms with van der Waals surface area (Å²) in [6.45, 7) is 4.54. The summed E-state index contributed by atoms with van der Waals surface area (Å²) in [4.78, 5) is 26.5. The molecule has 0 aliphatic rings. The van der Waals surface area contributed by atoms with Crippen LogP contribution in [0.2, 0.25) is 0 Å². The van der Waals surface area contributed by atoms with Gasteiger partial charge in [0.05, 0.1) is 11.9 Å². The summed E-state index contributed by atoms with van der Waals surface area (Å²) in [5, 5.41) is 6.87. The molecule has 0 unspecified atom stereocenters. The van der Waals surface area contributed by atoms with E-state index in [1.807, 2.05) is 38.1 Å². The van der Waals surface area contributed by atoms with E-state index in [-0.39, 0.29) is 18.3 Å². The van der Waals surface area contributed by atoms with Gasteiger partial charge < -0.3 is 19.4 Å². The van der Waals surface area contributed by atoms with Crippen LogP contribution in [0.15, 0.2) is 47.0 Å². The summed E-state index contributed by atoms with van der Waals surface area (Å²) in [6.07, 6.45) is 1.46. The fourth-order valence-corrected chi connectivity index (χ4v) is 2.78. The Kier molecular flexibility index (Phi) is 6.01. The molecule has 0 aliphatic carbocycles. The summed E-state index contributed by atoms with van der Waals surface area (Å²) in [7, 11) is 3.29. The van der Waals surface area contributed by atoms with Gasteiger partial charge in [0.1, 0.15) is 23.8 Å². The minimum Gasteiger partial charge on any atom is -0.485 e. The highest BCUT2D eigenvalue weighted by molar-refractivity contribution is 6.07. The number of furan rings is 1. The number of ether oxygens (including phenoxy) is 1. The van der Waals surface area contributed by atoms with Crippen LogP contribution >= 0.6 is 0 Å². The van der Waals surface area contributed by atoms with Crippen molar-refractivity contribution in [2.24, 2.45) is 0 Å². The zero-order valence-corrected chi connectivity index (χ0v) is 16.9. The normalized spacial score (nSPS) is 10.6. The van der Waals surface area contributed by atoms with E-state index in [1.54, 1.807) is 30.9 Å². The molecule has 0 saturated carbocycles. The summed E-state index contributed by atoms with van der Waals surface area (Å²) in [5.74, 6) is 0.698. The van der Waals surface area contributed by atoms with E-state index in [9.17, 15) is 9.59 Å². The van der Waals surface area contributed by atoms with Gasteiger partial charge in [-0.1, -0.05) is 18.2 Å². The summed E-state index contributed by atoms with van der Waals surface area (Å²) < 4.78 is 12.9. The second-order valence-corrected chi connectivity index (χ2v) is 6.70. The van der Waals surface area contributed by atoms with Gasteiger partial charge in [0.15, 0.2) is 5.76 Å². The van der Waals surface area contributed by atoms with Crippen molar-refractivity contribution in [3.05, 3.63) is 65.4 Å². The van der Waals surface area contributed by atoms with Crippen molar-refractivity contribution >= 4 is 17.5 Å². The number of nitrogens with one attached hydrogen (secondary N) is 1. The first kappa shape index (κ1) is 20.2. The van der Waals surface area contributed by atoms with E-state index in [1.165, 1.54) is 11.1 Å². The van der Waals surface area contributed by atoms with Gasteiger partial charge in [-0.25, -0.2) is 0 Å². The van der Waals surface area contributed by atoms with Gasteiger partial charge in [-0.15, -0.1) is 0 Å². The van der Waals surface area contributed by atoms with E-state index in [4.69, 9.17) is 9.15 Å². The fourth-order valence-electron chi connectivity index (χ4n) is 2.78. The Labute approximate surface area is 169 Å². The number of hydrogen-bond acceptors (Lipinski definition) is 5. The molecule has 0 atom stereocenters. The highest BCUT2D eigenvalue weighted by atomic mass is 16.5. The largest absolute Gasteiger partial charge is 0.485 e. The van der Waals surface area contributed by atoms with E-state index in [0.717, 1.165) is 11.3 Å². The molecule has 8 nitrogen and oxygen atoms in total. The molecule has 2 amide bonds. The molecule has 1 aromatic carbocycles. The monoisotopic (exact) mass is 396 g/mol. The number of carbonyl (C=O) groups is 2. The molecular formula is C21H24N4O4. The Bertz CT molecular complexity index is 1020. The number of amides is 2. The molecule has 3 rings (SSSR count). The zero-order valence-electron chi connectivity index (χ0n) is 16.9. The molecule has 8 heteroatoms. The Morgan fingerprint density at radius 1 is 1.21 bits per heavy atom. The second-order valence-electron chi connectivity index (χ2n) is 6.70. The van der Waals surface area contributed by atoms with Crippen LogP contribution in [0.1, 0.15) is 39.3 Å². The van der Waals surface area contributed by atoms with Crippen molar-refractivity contribution in [1.82, 2.24) is 14.7 Å². The van der Waals surface area contributed by atoms with Crippen LogP contribution in [0.25, 0.3) is 0 Å². The molecule has 29 heavy (non-hydrogen) atoms. The predicted molar refractivity (Wildman–Crippen MR) is 108 cm³/mol. The van der Waals surface area contributed by atoms with Gasteiger partial charge in [0, 0.05) is 20.6 Å². The Balaban J connectivity index is 1.70. The SMILES string of the molecule is CCn1ncc(NC(=O)c2ccc(COc3ccccc3C)o2)c1C(=O)N(C)C. The molecule has 2 heterocycles. The number of aromatic nitrogens is 2. The molecule has 0 bridgehead atoms. The molecule has 0 aliphatic heterocycles. The average molecular weight is 396 g/mol. The van der Waals surface area contributed by atoms with Gasteiger partial charge in [0.25, 0.3) is 11.8 Å². The number of hydrogen-bond donors (Lipinski definition) is 1. The summed E-state index contributed by atoms with van der Waals surface area (Å²) in [6, 6.07) is 10.9. The molecule has 0 radical (unpaired) electrons. The topological polar surface area (TPSA) is 89.6 Å². The number of carbonyl (C=O) groups excluding carboxylic acids is 2. The van der Waals surface area contributed by atoms with Crippen LogP contribution < -0.4 is 10.1 Å². The molecule has 152 valence electrons. The molecular weight excluding hydrogens is 372 g/mol. The van der Waals surface area contributed by atoms with Crippen molar-refractivity contribution in [3.8, 4) is 5.75 Å². The number of anilines is 1. The molecule has 0 spiro atoms. The van der Waals surface area contributed by atoms with Crippen molar-refractivity contribution in [2.75, 3.05) is 19.4 Å². The van der Waals surface area contributed by atoms with Crippen LogP contribution in [0.5, 0.6) is 5.75 Å².